The number of carbonyl (C=O) groups excluding carboxylic acids is 1. The first-order valence-corrected chi connectivity index (χ1v) is 6.79. The first-order valence-electron chi connectivity index (χ1n) is 6.79. The van der Waals surface area contributed by atoms with Crippen LogP contribution in [0.25, 0.3) is 0 Å². The van der Waals surface area contributed by atoms with Crippen molar-refractivity contribution in [3.8, 4) is 0 Å². The molecule has 7 nitrogen and oxygen atoms in total. The molecule has 110 valence electrons. The van der Waals surface area contributed by atoms with Crippen molar-refractivity contribution in [2.45, 2.75) is 19.4 Å². The van der Waals surface area contributed by atoms with E-state index in [2.05, 4.69) is 15.5 Å². The normalized spacial score (nSPS) is 15.5. The SMILES string of the molecule is CN=C(NCC(=O)N1CCCC1)N(C)Cc1ccon1. The summed E-state index contributed by atoms with van der Waals surface area (Å²) in [5.74, 6) is 0.791. The molecule has 0 bridgehead atoms. The Hall–Kier alpha value is -2.05. The van der Waals surface area contributed by atoms with E-state index in [0.29, 0.717) is 12.5 Å². The van der Waals surface area contributed by atoms with Crippen LogP contribution < -0.4 is 5.32 Å². The zero-order chi connectivity index (χ0) is 14.4. The van der Waals surface area contributed by atoms with Gasteiger partial charge in [-0.2, -0.15) is 0 Å². The van der Waals surface area contributed by atoms with Crippen molar-refractivity contribution >= 4 is 11.9 Å². The van der Waals surface area contributed by atoms with E-state index in [1.807, 2.05) is 16.8 Å². The summed E-state index contributed by atoms with van der Waals surface area (Å²) in [7, 11) is 3.59. The third-order valence-electron chi connectivity index (χ3n) is 3.32. The van der Waals surface area contributed by atoms with Gasteiger partial charge in [-0.15, -0.1) is 0 Å². The first kappa shape index (κ1) is 14.4. The Bertz CT molecular complexity index is 451. The van der Waals surface area contributed by atoms with Crippen LogP contribution in [0, 0.1) is 0 Å². The molecule has 0 unspecified atom stereocenters. The number of hydrogen-bond donors (Lipinski definition) is 1. The Kier molecular flexibility index (Phi) is 4.97. The van der Waals surface area contributed by atoms with E-state index in [1.165, 1.54) is 6.26 Å². The molecule has 2 rings (SSSR count). The van der Waals surface area contributed by atoms with E-state index in [1.54, 1.807) is 13.1 Å². The predicted molar refractivity (Wildman–Crippen MR) is 75.1 cm³/mol. The summed E-state index contributed by atoms with van der Waals surface area (Å²) in [5, 5.41) is 6.94. The highest BCUT2D eigenvalue weighted by Crippen LogP contribution is 2.06. The molecule has 20 heavy (non-hydrogen) atoms. The minimum absolute atomic E-state index is 0.124. The van der Waals surface area contributed by atoms with Crippen molar-refractivity contribution in [2.75, 3.05) is 33.7 Å². The second-order valence-electron chi connectivity index (χ2n) is 4.84. The van der Waals surface area contributed by atoms with Crippen LogP contribution in [0.3, 0.4) is 0 Å². The summed E-state index contributed by atoms with van der Waals surface area (Å²) in [5.41, 5.74) is 0.821. The third-order valence-corrected chi connectivity index (χ3v) is 3.32. The van der Waals surface area contributed by atoms with Gasteiger partial charge in [0.25, 0.3) is 0 Å². The zero-order valence-electron chi connectivity index (χ0n) is 12.0. The van der Waals surface area contributed by atoms with Crippen LogP contribution in [0.1, 0.15) is 18.5 Å². The number of nitrogens with zero attached hydrogens (tertiary/aromatic N) is 4. The molecule has 2 heterocycles. The molecule has 0 saturated carbocycles. The van der Waals surface area contributed by atoms with Gasteiger partial charge in [-0.1, -0.05) is 5.16 Å². The Labute approximate surface area is 118 Å². The van der Waals surface area contributed by atoms with Gasteiger partial charge in [0.1, 0.15) is 12.0 Å². The largest absolute Gasteiger partial charge is 0.364 e. The predicted octanol–water partition coefficient (Wildman–Crippen LogP) is 0.304. The highest BCUT2D eigenvalue weighted by molar-refractivity contribution is 5.86. The van der Waals surface area contributed by atoms with Crippen molar-refractivity contribution in [1.82, 2.24) is 20.3 Å². The maximum absolute atomic E-state index is 12.0. The van der Waals surface area contributed by atoms with Gasteiger partial charge in [-0.25, -0.2) is 0 Å². The zero-order valence-corrected chi connectivity index (χ0v) is 12.0. The van der Waals surface area contributed by atoms with E-state index in [-0.39, 0.29) is 12.5 Å². The van der Waals surface area contributed by atoms with Crippen LogP contribution in [0.4, 0.5) is 0 Å². The summed E-state index contributed by atoms with van der Waals surface area (Å²) in [6.07, 6.45) is 3.75. The topological polar surface area (TPSA) is 74.0 Å². The first-order chi connectivity index (χ1) is 9.70. The lowest BCUT2D eigenvalue weighted by molar-refractivity contribution is -0.128. The monoisotopic (exact) mass is 279 g/mol. The highest BCUT2D eigenvalue weighted by Gasteiger charge is 2.18. The van der Waals surface area contributed by atoms with Crippen LogP contribution >= 0.6 is 0 Å². The maximum Gasteiger partial charge on any atom is 0.241 e. The van der Waals surface area contributed by atoms with E-state index in [4.69, 9.17) is 4.52 Å². The second kappa shape index (κ2) is 6.93. The molecule has 1 aliphatic rings. The van der Waals surface area contributed by atoms with Gasteiger partial charge < -0.3 is 19.6 Å². The minimum atomic E-state index is 0.124. The highest BCUT2D eigenvalue weighted by atomic mass is 16.5. The lowest BCUT2D eigenvalue weighted by Crippen LogP contribution is -2.44. The van der Waals surface area contributed by atoms with E-state index in [0.717, 1.165) is 31.6 Å². The number of guanidine groups is 1. The number of likely N-dealkylation sites (tertiary alicyclic amines) is 1. The van der Waals surface area contributed by atoms with Crippen LogP contribution in [0.15, 0.2) is 21.8 Å². The van der Waals surface area contributed by atoms with Gasteiger partial charge in [-0.3, -0.25) is 9.79 Å². The molecule has 1 amide bonds. The van der Waals surface area contributed by atoms with E-state index in [9.17, 15) is 4.79 Å². The van der Waals surface area contributed by atoms with Gasteiger partial charge in [0.2, 0.25) is 5.91 Å². The third kappa shape index (κ3) is 3.72. The molecule has 0 aliphatic carbocycles. The van der Waals surface area contributed by atoms with Crippen LogP contribution in [-0.4, -0.2) is 60.6 Å². The fourth-order valence-electron chi connectivity index (χ4n) is 2.25. The van der Waals surface area contributed by atoms with Crippen LogP contribution in [-0.2, 0) is 11.3 Å². The van der Waals surface area contributed by atoms with Crippen molar-refractivity contribution in [3.63, 3.8) is 0 Å². The summed E-state index contributed by atoms with van der Waals surface area (Å²) in [6.45, 7) is 2.59. The lowest BCUT2D eigenvalue weighted by atomic mass is 10.4. The van der Waals surface area contributed by atoms with Crippen molar-refractivity contribution in [1.29, 1.82) is 0 Å². The number of hydrogen-bond acceptors (Lipinski definition) is 4. The standard InChI is InChI=1S/C13H21N5O2/c1-14-13(17(2)10-11-5-8-20-16-11)15-9-12(19)18-6-3-4-7-18/h5,8H,3-4,6-7,9-10H2,1-2H3,(H,14,15). The Morgan fingerprint density at radius 1 is 1.55 bits per heavy atom. The number of carbonyl (C=O) groups is 1. The molecule has 0 spiro atoms. The fourth-order valence-corrected chi connectivity index (χ4v) is 2.25. The Morgan fingerprint density at radius 3 is 2.90 bits per heavy atom. The second-order valence-corrected chi connectivity index (χ2v) is 4.84. The lowest BCUT2D eigenvalue weighted by Gasteiger charge is -2.22. The summed E-state index contributed by atoms with van der Waals surface area (Å²) in [6, 6.07) is 1.80. The number of rotatable bonds is 4. The average molecular weight is 279 g/mol. The summed E-state index contributed by atoms with van der Waals surface area (Å²) < 4.78 is 4.80. The maximum atomic E-state index is 12.0. The van der Waals surface area contributed by atoms with Gasteiger partial charge in [0.05, 0.1) is 13.1 Å². The van der Waals surface area contributed by atoms with Gasteiger partial charge in [0.15, 0.2) is 5.96 Å². The molecule has 1 fully saturated rings. The van der Waals surface area contributed by atoms with Crippen molar-refractivity contribution in [3.05, 3.63) is 18.0 Å². The molecule has 0 atom stereocenters. The van der Waals surface area contributed by atoms with Crippen molar-refractivity contribution in [2.24, 2.45) is 4.99 Å². The van der Waals surface area contributed by atoms with Gasteiger partial charge in [-0.05, 0) is 12.8 Å². The smallest absolute Gasteiger partial charge is 0.241 e. The quantitative estimate of drug-likeness (QED) is 0.634. The van der Waals surface area contributed by atoms with Gasteiger partial charge in [0, 0.05) is 33.3 Å². The van der Waals surface area contributed by atoms with E-state index < -0.39 is 0 Å². The number of amides is 1. The molecule has 1 aromatic heterocycles. The molecule has 1 aliphatic heterocycles. The minimum Gasteiger partial charge on any atom is -0.364 e. The molecule has 1 saturated heterocycles. The molecule has 1 N–H and O–H groups in total. The number of aromatic nitrogens is 1. The fraction of sp³-hybridized carbons (Fsp3) is 0.615. The number of nitrogens with one attached hydrogen (secondary N) is 1. The Morgan fingerprint density at radius 2 is 2.30 bits per heavy atom. The van der Waals surface area contributed by atoms with E-state index >= 15 is 0 Å². The summed E-state index contributed by atoms with van der Waals surface area (Å²) >= 11 is 0. The molecular weight excluding hydrogens is 258 g/mol. The van der Waals surface area contributed by atoms with Crippen LogP contribution in [0.5, 0.6) is 0 Å². The molecule has 0 aromatic carbocycles. The van der Waals surface area contributed by atoms with Crippen LogP contribution in [0.2, 0.25) is 0 Å². The average Bonchev–Trinajstić information content (AvgIpc) is 3.12. The molecular formula is C13H21N5O2. The number of aliphatic imine (C=N–C) groups is 1. The van der Waals surface area contributed by atoms with Gasteiger partial charge >= 0.3 is 0 Å². The molecule has 0 radical (unpaired) electrons. The van der Waals surface area contributed by atoms with Crippen molar-refractivity contribution < 1.29 is 9.32 Å². The molecule has 1 aromatic rings. The summed E-state index contributed by atoms with van der Waals surface area (Å²) in [4.78, 5) is 19.9. The molecule has 7 heteroatoms. The Balaban J connectivity index is 1.81.